The van der Waals surface area contributed by atoms with Gasteiger partial charge in [0.05, 0.1) is 27.9 Å². The summed E-state index contributed by atoms with van der Waals surface area (Å²) in [5.41, 5.74) is 0.101. The summed E-state index contributed by atoms with van der Waals surface area (Å²) >= 11 is 0. The van der Waals surface area contributed by atoms with Crippen molar-refractivity contribution in [2.75, 3.05) is 0 Å². The molecule has 2 aromatic rings. The van der Waals surface area contributed by atoms with Gasteiger partial charge in [0.2, 0.25) is 0 Å². The lowest BCUT2D eigenvalue weighted by Crippen LogP contribution is -2.00. The van der Waals surface area contributed by atoms with E-state index in [2.05, 4.69) is 9.97 Å². The molecule has 0 bridgehead atoms. The summed E-state index contributed by atoms with van der Waals surface area (Å²) in [7, 11) is 0. The first-order chi connectivity index (χ1) is 8.59. The third kappa shape index (κ3) is 2.14. The molecule has 0 saturated carbocycles. The van der Waals surface area contributed by atoms with Crippen LogP contribution in [0.1, 0.15) is 10.4 Å². The van der Waals surface area contributed by atoms with E-state index in [1.807, 2.05) is 0 Å². The molecule has 18 heavy (non-hydrogen) atoms. The van der Waals surface area contributed by atoms with Crippen molar-refractivity contribution < 1.29 is 14.8 Å². The monoisotopic (exact) mass is 245 g/mol. The molecular formula is C11H7N3O4. The van der Waals surface area contributed by atoms with Crippen LogP contribution < -0.4 is 0 Å². The molecule has 7 heteroatoms. The van der Waals surface area contributed by atoms with E-state index in [0.717, 1.165) is 6.07 Å². The van der Waals surface area contributed by atoms with Crippen molar-refractivity contribution in [3.8, 4) is 11.3 Å². The third-order valence-electron chi connectivity index (χ3n) is 2.28. The Balaban J connectivity index is 2.61. The first-order valence-electron chi connectivity index (χ1n) is 4.87. The highest BCUT2D eigenvalue weighted by atomic mass is 16.6. The number of carbonyl (C=O) groups is 1. The summed E-state index contributed by atoms with van der Waals surface area (Å²) in [5, 5.41) is 19.7. The van der Waals surface area contributed by atoms with Crippen molar-refractivity contribution >= 4 is 11.7 Å². The van der Waals surface area contributed by atoms with Crippen LogP contribution >= 0.6 is 0 Å². The number of carboxylic acid groups (broad SMARTS) is 1. The molecule has 0 atom stereocenters. The minimum absolute atomic E-state index is 0.144. The van der Waals surface area contributed by atoms with Crippen LogP contribution in [0.4, 0.5) is 5.69 Å². The van der Waals surface area contributed by atoms with Crippen LogP contribution in [-0.2, 0) is 0 Å². The minimum Gasteiger partial charge on any atom is -0.478 e. The Morgan fingerprint density at radius 3 is 2.67 bits per heavy atom. The van der Waals surface area contributed by atoms with Gasteiger partial charge in [0.25, 0.3) is 5.69 Å². The number of hydrogen-bond acceptors (Lipinski definition) is 5. The van der Waals surface area contributed by atoms with E-state index in [1.54, 1.807) is 0 Å². The number of nitrogens with zero attached hydrogens (tertiary/aromatic N) is 3. The second kappa shape index (κ2) is 4.58. The molecule has 90 valence electrons. The number of benzene rings is 1. The highest BCUT2D eigenvalue weighted by molar-refractivity contribution is 5.90. The number of nitro benzene ring substituents is 1. The lowest BCUT2D eigenvalue weighted by atomic mass is 10.1. The highest BCUT2D eigenvalue weighted by Gasteiger charge is 2.19. The molecule has 0 unspecified atom stereocenters. The fraction of sp³-hybridized carbons (Fsp3) is 0. The molecule has 1 heterocycles. The Hall–Kier alpha value is -2.83. The Bertz CT molecular complexity index is 613. The van der Waals surface area contributed by atoms with Gasteiger partial charge in [0, 0.05) is 18.5 Å². The second-order valence-corrected chi connectivity index (χ2v) is 3.38. The summed E-state index contributed by atoms with van der Waals surface area (Å²) in [6, 6.07) is 3.65. The summed E-state index contributed by atoms with van der Waals surface area (Å²) in [6.07, 6.45) is 4.23. The van der Waals surface area contributed by atoms with Crippen LogP contribution in [0.5, 0.6) is 0 Å². The molecule has 0 saturated heterocycles. The number of rotatable bonds is 3. The standard InChI is InChI=1S/C11H7N3O4/c15-11(16)7-1-2-8(10(5-7)14(17)18)9-6-12-3-4-13-9/h1-6H,(H,15,16). The number of nitro groups is 1. The van der Waals surface area contributed by atoms with Gasteiger partial charge in [0.15, 0.2) is 0 Å². The van der Waals surface area contributed by atoms with Crippen LogP contribution in [0.3, 0.4) is 0 Å². The molecule has 1 aromatic carbocycles. The molecular weight excluding hydrogens is 238 g/mol. The maximum atomic E-state index is 10.9. The summed E-state index contributed by atoms with van der Waals surface area (Å²) in [6.45, 7) is 0. The fourth-order valence-corrected chi connectivity index (χ4v) is 1.47. The first kappa shape index (κ1) is 11.6. The van der Waals surface area contributed by atoms with Gasteiger partial charge in [-0.3, -0.25) is 20.1 Å². The largest absolute Gasteiger partial charge is 0.478 e. The normalized spacial score (nSPS) is 10.0. The number of hydrogen-bond donors (Lipinski definition) is 1. The van der Waals surface area contributed by atoms with Crippen LogP contribution in [0.2, 0.25) is 0 Å². The SMILES string of the molecule is O=C(O)c1ccc(-c2cnccn2)c([N+](=O)[O-])c1. The van der Waals surface area contributed by atoms with Crippen LogP contribution in [0.15, 0.2) is 36.8 Å². The summed E-state index contributed by atoms with van der Waals surface area (Å²) in [4.78, 5) is 28.8. The van der Waals surface area contributed by atoms with Crippen molar-refractivity contribution in [3.05, 3.63) is 52.5 Å². The van der Waals surface area contributed by atoms with E-state index in [9.17, 15) is 14.9 Å². The predicted molar refractivity (Wildman–Crippen MR) is 61.1 cm³/mol. The van der Waals surface area contributed by atoms with Crippen molar-refractivity contribution in [2.45, 2.75) is 0 Å². The van der Waals surface area contributed by atoms with Gasteiger partial charge in [-0.1, -0.05) is 0 Å². The maximum absolute atomic E-state index is 10.9. The highest BCUT2D eigenvalue weighted by Crippen LogP contribution is 2.28. The predicted octanol–water partition coefficient (Wildman–Crippen LogP) is 1.75. The molecule has 0 fully saturated rings. The quantitative estimate of drug-likeness (QED) is 0.652. The van der Waals surface area contributed by atoms with Gasteiger partial charge < -0.3 is 5.11 Å². The van der Waals surface area contributed by atoms with E-state index in [1.165, 1.54) is 30.7 Å². The van der Waals surface area contributed by atoms with E-state index >= 15 is 0 Å². The fourth-order valence-electron chi connectivity index (χ4n) is 1.47. The number of aromatic nitrogens is 2. The van der Waals surface area contributed by atoms with Crippen LogP contribution in [0.25, 0.3) is 11.3 Å². The minimum atomic E-state index is -1.22. The van der Waals surface area contributed by atoms with Crippen LogP contribution in [-0.4, -0.2) is 26.0 Å². The van der Waals surface area contributed by atoms with Gasteiger partial charge in [-0.05, 0) is 12.1 Å². The molecule has 2 rings (SSSR count). The van der Waals surface area contributed by atoms with Crippen molar-refractivity contribution in [2.24, 2.45) is 0 Å². The summed E-state index contributed by atoms with van der Waals surface area (Å²) in [5.74, 6) is -1.22. The average molecular weight is 245 g/mol. The zero-order chi connectivity index (χ0) is 13.1. The Morgan fingerprint density at radius 2 is 2.11 bits per heavy atom. The average Bonchev–Trinajstić information content (AvgIpc) is 2.39. The summed E-state index contributed by atoms with van der Waals surface area (Å²) < 4.78 is 0. The van der Waals surface area contributed by atoms with E-state index < -0.39 is 10.9 Å². The lowest BCUT2D eigenvalue weighted by Gasteiger charge is -2.02. The molecule has 0 spiro atoms. The lowest BCUT2D eigenvalue weighted by molar-refractivity contribution is -0.384. The zero-order valence-electron chi connectivity index (χ0n) is 8.98. The van der Waals surface area contributed by atoms with Gasteiger partial charge in [-0.25, -0.2) is 4.79 Å². The molecule has 7 nitrogen and oxygen atoms in total. The smallest absolute Gasteiger partial charge is 0.335 e. The molecule has 0 amide bonds. The van der Waals surface area contributed by atoms with Crippen molar-refractivity contribution in [3.63, 3.8) is 0 Å². The maximum Gasteiger partial charge on any atom is 0.335 e. The molecule has 0 aliphatic carbocycles. The van der Waals surface area contributed by atoms with Gasteiger partial charge in [-0.2, -0.15) is 0 Å². The van der Waals surface area contributed by atoms with Gasteiger partial charge >= 0.3 is 5.97 Å². The van der Waals surface area contributed by atoms with Crippen molar-refractivity contribution in [1.29, 1.82) is 0 Å². The molecule has 0 aliphatic heterocycles. The molecule has 0 radical (unpaired) electrons. The topological polar surface area (TPSA) is 106 Å². The van der Waals surface area contributed by atoms with E-state index in [4.69, 9.17) is 5.11 Å². The number of carboxylic acids is 1. The van der Waals surface area contributed by atoms with Gasteiger partial charge in [-0.15, -0.1) is 0 Å². The van der Waals surface area contributed by atoms with Crippen LogP contribution in [0, 0.1) is 10.1 Å². The number of aromatic carboxylic acids is 1. The Morgan fingerprint density at radius 1 is 1.33 bits per heavy atom. The van der Waals surface area contributed by atoms with Gasteiger partial charge in [0.1, 0.15) is 0 Å². The Labute approximate surface area is 101 Å². The molecule has 1 N–H and O–H groups in total. The zero-order valence-corrected chi connectivity index (χ0v) is 8.98. The molecule has 1 aromatic heterocycles. The third-order valence-corrected chi connectivity index (χ3v) is 2.28. The first-order valence-corrected chi connectivity index (χ1v) is 4.87. The van der Waals surface area contributed by atoms with E-state index in [0.29, 0.717) is 5.69 Å². The second-order valence-electron chi connectivity index (χ2n) is 3.38. The van der Waals surface area contributed by atoms with Crippen molar-refractivity contribution in [1.82, 2.24) is 9.97 Å². The Kier molecular flexibility index (Phi) is 2.96. The molecule has 0 aliphatic rings. The van der Waals surface area contributed by atoms with E-state index in [-0.39, 0.29) is 16.8 Å².